The summed E-state index contributed by atoms with van der Waals surface area (Å²) in [4.78, 5) is 6.27. The van der Waals surface area contributed by atoms with Gasteiger partial charge in [0.1, 0.15) is 36.1 Å². The average molecular weight is 501 g/mol. The normalized spacial score (nSPS) is 21.3. The quantitative estimate of drug-likeness (QED) is 0.441. The minimum absolute atomic E-state index is 0.186. The molecule has 0 aromatic heterocycles. The molecule has 0 aliphatic carbocycles. The molecule has 1 fully saturated rings. The molecule has 5 rings (SSSR count). The molecule has 2 aliphatic heterocycles. The first kappa shape index (κ1) is 25.0. The summed E-state index contributed by atoms with van der Waals surface area (Å²) >= 11 is 0. The maximum absolute atomic E-state index is 10.9. The monoisotopic (exact) mass is 500 g/mol. The van der Waals surface area contributed by atoms with Gasteiger partial charge in [-0.25, -0.2) is 0 Å². The standard InChI is InChI=1S/C30H32N2O5/c1-34-25-13-9-23(10-14-25)30(22-7-4-3-5-8-22,24-11-15-26(35-2)16-12-24)36-20-28-27(33)19-29(37-28)32-18-6-17-31-21-32/h3-18,27-29,33H,19-21H2,1-2H3/t27-,28+,29-/m0/s1. The first-order valence-electron chi connectivity index (χ1n) is 12.4. The van der Waals surface area contributed by atoms with Gasteiger partial charge in [-0.2, -0.15) is 0 Å². The molecule has 7 heteroatoms. The molecule has 3 aromatic carbocycles. The molecular weight excluding hydrogens is 468 g/mol. The topological polar surface area (TPSA) is 72.8 Å². The van der Waals surface area contributed by atoms with Crippen LogP contribution in [0.25, 0.3) is 0 Å². The Bertz CT molecular complexity index is 1160. The van der Waals surface area contributed by atoms with Crippen LogP contribution in [0.4, 0.5) is 0 Å². The number of hydrogen-bond donors (Lipinski definition) is 1. The van der Waals surface area contributed by atoms with Crippen molar-refractivity contribution in [2.45, 2.75) is 30.5 Å². The summed E-state index contributed by atoms with van der Waals surface area (Å²) in [7, 11) is 3.30. The number of hydrogen-bond acceptors (Lipinski definition) is 7. The van der Waals surface area contributed by atoms with Crippen LogP contribution in [0, 0.1) is 0 Å². The van der Waals surface area contributed by atoms with Gasteiger partial charge in [0.2, 0.25) is 0 Å². The zero-order valence-corrected chi connectivity index (χ0v) is 21.1. The fourth-order valence-corrected chi connectivity index (χ4v) is 4.94. The summed E-state index contributed by atoms with van der Waals surface area (Å²) in [5.41, 5.74) is 1.86. The van der Waals surface area contributed by atoms with E-state index in [-0.39, 0.29) is 12.8 Å². The molecule has 7 nitrogen and oxygen atoms in total. The number of methoxy groups -OCH3 is 2. The van der Waals surface area contributed by atoms with Crippen molar-refractivity contribution in [3.63, 3.8) is 0 Å². The van der Waals surface area contributed by atoms with Crippen molar-refractivity contribution in [3.05, 3.63) is 108 Å². The van der Waals surface area contributed by atoms with E-state index >= 15 is 0 Å². The van der Waals surface area contributed by atoms with Crippen LogP contribution >= 0.6 is 0 Å². The summed E-state index contributed by atoms with van der Waals surface area (Å²) in [6.45, 7) is 0.693. The van der Waals surface area contributed by atoms with Gasteiger partial charge in [-0.05, 0) is 47.0 Å². The van der Waals surface area contributed by atoms with E-state index in [1.54, 1.807) is 20.4 Å². The average Bonchev–Trinajstić information content (AvgIpc) is 3.35. The van der Waals surface area contributed by atoms with Crippen molar-refractivity contribution >= 4 is 6.21 Å². The van der Waals surface area contributed by atoms with E-state index < -0.39 is 17.8 Å². The number of nitrogens with zero attached hydrogens (tertiary/aromatic N) is 2. The summed E-state index contributed by atoms with van der Waals surface area (Å²) in [6.07, 6.45) is 4.64. The number of benzene rings is 3. The Morgan fingerprint density at radius 3 is 2.03 bits per heavy atom. The summed E-state index contributed by atoms with van der Waals surface area (Å²) in [5, 5.41) is 10.9. The van der Waals surface area contributed by atoms with E-state index in [2.05, 4.69) is 17.1 Å². The Balaban J connectivity index is 1.52. The Kier molecular flexibility index (Phi) is 7.55. The molecule has 0 amide bonds. The molecule has 192 valence electrons. The van der Waals surface area contributed by atoms with Gasteiger partial charge in [0.05, 0.1) is 26.9 Å². The maximum Gasteiger partial charge on any atom is 0.143 e. The van der Waals surface area contributed by atoms with E-state index in [4.69, 9.17) is 18.9 Å². The van der Waals surface area contributed by atoms with Crippen LogP contribution in [0.1, 0.15) is 23.1 Å². The second kappa shape index (κ2) is 11.2. The lowest BCUT2D eigenvalue weighted by Gasteiger charge is -2.37. The highest BCUT2D eigenvalue weighted by molar-refractivity contribution is 5.71. The van der Waals surface area contributed by atoms with Gasteiger partial charge in [-0.15, -0.1) is 0 Å². The lowest BCUT2D eigenvalue weighted by molar-refractivity contribution is -0.103. The van der Waals surface area contributed by atoms with Crippen LogP contribution in [0.5, 0.6) is 11.5 Å². The van der Waals surface area contributed by atoms with Crippen molar-refractivity contribution in [1.29, 1.82) is 0 Å². The van der Waals surface area contributed by atoms with Crippen molar-refractivity contribution in [3.8, 4) is 11.5 Å². The van der Waals surface area contributed by atoms with Gasteiger partial charge in [-0.1, -0.05) is 54.6 Å². The van der Waals surface area contributed by atoms with Gasteiger partial charge in [0, 0.05) is 18.8 Å². The van der Waals surface area contributed by atoms with Crippen molar-refractivity contribution in [1.82, 2.24) is 4.90 Å². The summed E-state index contributed by atoms with van der Waals surface area (Å²) in [6, 6.07) is 25.9. The van der Waals surface area contributed by atoms with Crippen LogP contribution in [0.15, 0.2) is 96.1 Å². The smallest absolute Gasteiger partial charge is 0.143 e. The van der Waals surface area contributed by atoms with Gasteiger partial charge < -0.3 is 29.0 Å². The van der Waals surface area contributed by atoms with Gasteiger partial charge in [0.25, 0.3) is 0 Å². The molecular formula is C30H32N2O5. The highest BCUT2D eigenvalue weighted by Gasteiger charge is 2.42. The third-order valence-electron chi connectivity index (χ3n) is 6.93. The van der Waals surface area contributed by atoms with E-state index in [0.29, 0.717) is 13.1 Å². The zero-order chi connectivity index (χ0) is 25.7. The number of allylic oxidation sites excluding steroid dienone is 1. The molecule has 2 aliphatic rings. The molecule has 3 atom stereocenters. The van der Waals surface area contributed by atoms with Gasteiger partial charge >= 0.3 is 0 Å². The highest BCUT2D eigenvalue weighted by atomic mass is 16.6. The predicted octanol–water partition coefficient (Wildman–Crippen LogP) is 4.35. The second-order valence-electron chi connectivity index (χ2n) is 9.08. The highest BCUT2D eigenvalue weighted by Crippen LogP contribution is 2.42. The van der Waals surface area contributed by atoms with Crippen molar-refractivity contribution < 1.29 is 24.1 Å². The molecule has 2 heterocycles. The lowest BCUT2D eigenvalue weighted by atomic mass is 9.80. The minimum atomic E-state index is -0.962. The zero-order valence-electron chi connectivity index (χ0n) is 21.1. The minimum Gasteiger partial charge on any atom is -0.497 e. The fraction of sp³-hybridized carbons (Fsp3) is 0.300. The van der Waals surface area contributed by atoms with E-state index in [1.807, 2.05) is 83.9 Å². The molecule has 0 saturated carbocycles. The number of aliphatic hydroxyl groups excluding tert-OH is 1. The van der Waals surface area contributed by atoms with Crippen molar-refractivity contribution in [2.24, 2.45) is 4.99 Å². The van der Waals surface area contributed by atoms with Crippen LogP contribution in [0.2, 0.25) is 0 Å². The van der Waals surface area contributed by atoms with Crippen LogP contribution in [-0.2, 0) is 15.1 Å². The third kappa shape index (κ3) is 5.11. The second-order valence-corrected chi connectivity index (χ2v) is 9.08. The Labute approximate surface area is 217 Å². The number of ether oxygens (including phenoxy) is 4. The fourth-order valence-electron chi connectivity index (χ4n) is 4.94. The number of aliphatic hydroxyl groups is 1. The van der Waals surface area contributed by atoms with Gasteiger partial charge in [-0.3, -0.25) is 4.99 Å². The lowest BCUT2D eigenvalue weighted by Crippen LogP contribution is -2.38. The van der Waals surface area contributed by atoms with E-state index in [9.17, 15) is 5.11 Å². The molecule has 0 spiro atoms. The molecule has 1 saturated heterocycles. The molecule has 0 radical (unpaired) electrons. The van der Waals surface area contributed by atoms with Gasteiger partial charge in [0.15, 0.2) is 0 Å². The van der Waals surface area contributed by atoms with Crippen LogP contribution < -0.4 is 9.47 Å². The SMILES string of the molecule is COc1ccc(C(OC[C@H]2O[C@H](N3C=CC=NC3)C[C@@H]2O)(c2ccccc2)c2ccc(OC)cc2)cc1. The van der Waals surface area contributed by atoms with Crippen LogP contribution in [-0.4, -0.2) is 62.2 Å². The summed E-state index contributed by atoms with van der Waals surface area (Å²) in [5.74, 6) is 1.52. The molecule has 3 aromatic rings. The van der Waals surface area contributed by atoms with Crippen molar-refractivity contribution in [2.75, 3.05) is 27.5 Å². The first-order valence-corrected chi connectivity index (χ1v) is 12.4. The summed E-state index contributed by atoms with van der Waals surface area (Å²) < 4.78 is 24.0. The Morgan fingerprint density at radius 1 is 0.892 bits per heavy atom. The molecule has 0 unspecified atom stereocenters. The maximum atomic E-state index is 10.9. The van der Waals surface area contributed by atoms with Crippen LogP contribution in [0.3, 0.4) is 0 Å². The number of rotatable bonds is 9. The Hall–Kier alpha value is -3.65. The third-order valence-corrected chi connectivity index (χ3v) is 6.93. The number of aliphatic imine (C=N–C) groups is 1. The first-order chi connectivity index (χ1) is 18.1. The van der Waals surface area contributed by atoms with E-state index in [0.717, 1.165) is 28.2 Å². The molecule has 37 heavy (non-hydrogen) atoms. The Morgan fingerprint density at radius 2 is 1.49 bits per heavy atom. The largest absolute Gasteiger partial charge is 0.497 e. The molecule has 1 N–H and O–H groups in total. The molecule has 0 bridgehead atoms. The van der Waals surface area contributed by atoms with E-state index in [1.165, 1.54) is 0 Å². The predicted molar refractivity (Wildman–Crippen MR) is 142 cm³/mol.